The molecule has 130 valence electrons. The van der Waals surface area contributed by atoms with Gasteiger partial charge in [0.05, 0.1) is 17.3 Å². The molecular formula is C18H20FN5O. The molecule has 25 heavy (non-hydrogen) atoms. The van der Waals surface area contributed by atoms with Crippen LogP contribution in [0.2, 0.25) is 0 Å². The van der Waals surface area contributed by atoms with Gasteiger partial charge in [-0.2, -0.15) is 4.52 Å². The van der Waals surface area contributed by atoms with Crippen molar-refractivity contribution in [3.8, 4) is 11.4 Å². The highest BCUT2D eigenvalue weighted by Crippen LogP contribution is 2.26. The zero-order valence-electron chi connectivity index (χ0n) is 14.5. The summed E-state index contributed by atoms with van der Waals surface area (Å²) in [6, 6.07) is 10.3. The summed E-state index contributed by atoms with van der Waals surface area (Å²) in [4.78, 5) is 2.18. The van der Waals surface area contributed by atoms with E-state index >= 15 is 0 Å². The molecule has 1 aliphatic rings. The number of benzene rings is 1. The van der Waals surface area contributed by atoms with Crippen LogP contribution in [0.15, 0.2) is 36.4 Å². The normalized spacial score (nSPS) is 20.2. The standard InChI is InChI=1S/C18H20FN5O/c1-12-10-23(11-18(2,3)25-12)16-9-8-15-20-21-17(24(15)22-16)13-6-4-5-7-14(13)19/h4-9,12H,10-11H2,1-3H3. The van der Waals surface area contributed by atoms with Crippen molar-refractivity contribution in [1.29, 1.82) is 0 Å². The third-order valence-electron chi connectivity index (χ3n) is 4.26. The Hall–Kier alpha value is -2.54. The van der Waals surface area contributed by atoms with E-state index in [2.05, 4.69) is 41.0 Å². The molecule has 7 heteroatoms. The number of fused-ring (bicyclic) bond motifs is 1. The predicted octanol–water partition coefficient (Wildman–Crippen LogP) is 2.93. The van der Waals surface area contributed by atoms with Gasteiger partial charge in [-0.05, 0) is 45.0 Å². The molecule has 1 saturated heterocycles. The first-order valence-electron chi connectivity index (χ1n) is 8.33. The third-order valence-corrected chi connectivity index (χ3v) is 4.26. The first kappa shape index (κ1) is 16.0. The molecule has 6 nitrogen and oxygen atoms in total. The Kier molecular flexibility index (Phi) is 3.68. The van der Waals surface area contributed by atoms with Crippen molar-refractivity contribution in [1.82, 2.24) is 19.8 Å². The molecule has 0 amide bonds. The summed E-state index contributed by atoms with van der Waals surface area (Å²) in [5.41, 5.74) is 0.716. The number of anilines is 1. The molecule has 1 aliphatic heterocycles. The van der Waals surface area contributed by atoms with Gasteiger partial charge in [0, 0.05) is 13.1 Å². The Morgan fingerprint density at radius 2 is 1.96 bits per heavy atom. The van der Waals surface area contributed by atoms with E-state index in [1.807, 2.05) is 12.1 Å². The van der Waals surface area contributed by atoms with Crippen LogP contribution in [-0.2, 0) is 4.74 Å². The van der Waals surface area contributed by atoms with E-state index in [1.54, 1.807) is 22.7 Å². The molecule has 1 atom stereocenters. The zero-order valence-corrected chi connectivity index (χ0v) is 14.5. The summed E-state index contributed by atoms with van der Waals surface area (Å²) in [5.74, 6) is 0.855. The number of hydrogen-bond donors (Lipinski definition) is 0. The van der Waals surface area contributed by atoms with Crippen LogP contribution in [0.4, 0.5) is 10.2 Å². The highest BCUT2D eigenvalue weighted by molar-refractivity contribution is 5.60. The molecule has 1 aromatic carbocycles. The van der Waals surface area contributed by atoms with Crippen LogP contribution in [0.25, 0.3) is 17.0 Å². The van der Waals surface area contributed by atoms with E-state index in [1.165, 1.54) is 6.07 Å². The van der Waals surface area contributed by atoms with Crippen molar-refractivity contribution >= 4 is 11.5 Å². The average Bonchev–Trinajstić information content (AvgIpc) is 2.96. The van der Waals surface area contributed by atoms with Crippen molar-refractivity contribution in [3.05, 3.63) is 42.2 Å². The minimum atomic E-state index is -0.342. The smallest absolute Gasteiger partial charge is 0.188 e. The molecule has 0 spiro atoms. The van der Waals surface area contributed by atoms with Gasteiger partial charge in [-0.3, -0.25) is 0 Å². The lowest BCUT2D eigenvalue weighted by molar-refractivity contribution is -0.0752. The fraction of sp³-hybridized carbons (Fsp3) is 0.389. The van der Waals surface area contributed by atoms with E-state index < -0.39 is 0 Å². The molecule has 3 heterocycles. The van der Waals surface area contributed by atoms with E-state index in [9.17, 15) is 4.39 Å². The highest BCUT2D eigenvalue weighted by Gasteiger charge is 2.32. The SMILES string of the molecule is CC1CN(c2ccc3nnc(-c4ccccc4F)n3n2)CC(C)(C)O1. The van der Waals surface area contributed by atoms with Crippen LogP contribution in [0.1, 0.15) is 20.8 Å². The molecule has 0 N–H and O–H groups in total. The maximum atomic E-state index is 14.2. The van der Waals surface area contributed by atoms with Crippen LogP contribution >= 0.6 is 0 Å². The number of rotatable bonds is 2. The fourth-order valence-electron chi connectivity index (χ4n) is 3.39. The van der Waals surface area contributed by atoms with Crippen LogP contribution in [0, 0.1) is 5.82 Å². The van der Waals surface area contributed by atoms with Crippen LogP contribution < -0.4 is 4.90 Å². The van der Waals surface area contributed by atoms with Crippen molar-refractivity contribution in [2.45, 2.75) is 32.5 Å². The van der Waals surface area contributed by atoms with Gasteiger partial charge in [-0.1, -0.05) is 12.1 Å². The Balaban J connectivity index is 1.78. The monoisotopic (exact) mass is 341 g/mol. The van der Waals surface area contributed by atoms with Gasteiger partial charge in [0.25, 0.3) is 0 Å². The van der Waals surface area contributed by atoms with Crippen molar-refractivity contribution in [3.63, 3.8) is 0 Å². The molecule has 1 fully saturated rings. The Morgan fingerprint density at radius 3 is 2.72 bits per heavy atom. The molecule has 0 bridgehead atoms. The first-order chi connectivity index (χ1) is 11.9. The quantitative estimate of drug-likeness (QED) is 0.717. The lowest BCUT2D eigenvalue weighted by Gasteiger charge is -2.42. The number of morpholine rings is 1. The zero-order chi connectivity index (χ0) is 17.6. The van der Waals surface area contributed by atoms with Crippen LogP contribution in [0.3, 0.4) is 0 Å². The van der Waals surface area contributed by atoms with Gasteiger partial charge in [0.15, 0.2) is 11.5 Å². The molecule has 0 saturated carbocycles. The van der Waals surface area contributed by atoms with Crippen LogP contribution in [-0.4, -0.2) is 44.6 Å². The molecule has 2 aromatic heterocycles. The molecule has 4 rings (SSSR count). The predicted molar refractivity (Wildman–Crippen MR) is 93.0 cm³/mol. The largest absolute Gasteiger partial charge is 0.369 e. The Bertz CT molecular complexity index is 923. The van der Waals surface area contributed by atoms with Crippen molar-refractivity contribution in [2.75, 3.05) is 18.0 Å². The minimum Gasteiger partial charge on any atom is -0.369 e. The highest BCUT2D eigenvalue weighted by atomic mass is 19.1. The van der Waals surface area contributed by atoms with E-state index in [-0.39, 0.29) is 17.5 Å². The fourth-order valence-corrected chi connectivity index (χ4v) is 3.39. The Labute approximate surface area is 145 Å². The second-order valence-corrected chi connectivity index (χ2v) is 7.03. The summed E-state index contributed by atoms with van der Waals surface area (Å²) in [6.07, 6.45) is 0.105. The van der Waals surface area contributed by atoms with Gasteiger partial charge >= 0.3 is 0 Å². The van der Waals surface area contributed by atoms with Crippen LogP contribution in [0.5, 0.6) is 0 Å². The molecule has 1 unspecified atom stereocenters. The summed E-state index contributed by atoms with van der Waals surface area (Å²) < 4.78 is 21.7. The van der Waals surface area contributed by atoms with E-state index in [0.29, 0.717) is 17.0 Å². The molecular weight excluding hydrogens is 321 g/mol. The van der Waals surface area contributed by atoms with Gasteiger partial charge in [0.1, 0.15) is 11.6 Å². The molecule has 0 aliphatic carbocycles. The number of nitrogens with zero attached hydrogens (tertiary/aromatic N) is 5. The number of hydrogen-bond acceptors (Lipinski definition) is 5. The van der Waals surface area contributed by atoms with Gasteiger partial charge in [-0.15, -0.1) is 15.3 Å². The number of ether oxygens (including phenoxy) is 1. The number of aromatic nitrogens is 4. The third kappa shape index (κ3) is 2.95. The average molecular weight is 341 g/mol. The summed E-state index contributed by atoms with van der Waals surface area (Å²) in [6.45, 7) is 7.66. The maximum absolute atomic E-state index is 14.2. The van der Waals surface area contributed by atoms with E-state index in [0.717, 1.165) is 18.9 Å². The second-order valence-electron chi connectivity index (χ2n) is 7.03. The minimum absolute atomic E-state index is 0.105. The second kappa shape index (κ2) is 5.77. The van der Waals surface area contributed by atoms with Crippen molar-refractivity contribution in [2.24, 2.45) is 0 Å². The lowest BCUT2D eigenvalue weighted by Crippen LogP contribution is -2.52. The molecule has 0 radical (unpaired) electrons. The van der Waals surface area contributed by atoms with Gasteiger partial charge in [-0.25, -0.2) is 4.39 Å². The summed E-state index contributed by atoms with van der Waals surface area (Å²) >= 11 is 0. The summed E-state index contributed by atoms with van der Waals surface area (Å²) in [5, 5.41) is 12.9. The lowest BCUT2D eigenvalue weighted by atomic mass is 10.1. The van der Waals surface area contributed by atoms with Gasteiger partial charge < -0.3 is 9.64 Å². The molecule has 3 aromatic rings. The van der Waals surface area contributed by atoms with Gasteiger partial charge in [0.2, 0.25) is 0 Å². The maximum Gasteiger partial charge on any atom is 0.188 e. The number of halogens is 1. The summed E-state index contributed by atoms with van der Waals surface area (Å²) in [7, 11) is 0. The van der Waals surface area contributed by atoms with E-state index in [4.69, 9.17) is 4.74 Å². The Morgan fingerprint density at radius 1 is 1.16 bits per heavy atom. The first-order valence-corrected chi connectivity index (χ1v) is 8.33. The topological polar surface area (TPSA) is 55.6 Å². The van der Waals surface area contributed by atoms with Crippen molar-refractivity contribution < 1.29 is 9.13 Å².